The summed E-state index contributed by atoms with van der Waals surface area (Å²) in [5.74, 6) is -0.496. The molecule has 1 aliphatic rings. The Kier molecular flexibility index (Phi) is 8.38. The van der Waals surface area contributed by atoms with Crippen LogP contribution in [0.4, 0.5) is 10.5 Å². The van der Waals surface area contributed by atoms with Crippen LogP contribution in [0.3, 0.4) is 0 Å². The number of hydrogen-bond donors (Lipinski definition) is 2. The smallest absolute Gasteiger partial charge is 0.347 e. The van der Waals surface area contributed by atoms with Crippen molar-refractivity contribution in [3.8, 4) is 16.9 Å². The fourth-order valence-electron chi connectivity index (χ4n) is 4.54. The number of nitrogens with zero attached hydrogens (tertiary/aromatic N) is 2. The zero-order valence-electron chi connectivity index (χ0n) is 21.4. The zero-order chi connectivity index (χ0) is 27.4. The number of carboxylic acids is 1. The number of carboxylic acid groups (broad SMARTS) is 1. The zero-order valence-corrected chi connectivity index (χ0v) is 22.9. The highest BCUT2D eigenvalue weighted by Gasteiger charge is 2.30. The third kappa shape index (κ3) is 6.34. The number of fused-ring (bicyclic) bond motifs is 1. The van der Waals surface area contributed by atoms with E-state index in [0.29, 0.717) is 41.8 Å². The summed E-state index contributed by atoms with van der Waals surface area (Å²) >= 11 is 12.6. The van der Waals surface area contributed by atoms with Gasteiger partial charge in [-0.3, -0.25) is 0 Å². The number of amides is 2. The Balaban J connectivity index is 1.37. The lowest BCUT2D eigenvalue weighted by atomic mass is 10.0. The van der Waals surface area contributed by atoms with Gasteiger partial charge in [0.2, 0.25) is 0 Å². The van der Waals surface area contributed by atoms with Gasteiger partial charge in [-0.15, -0.1) is 0 Å². The van der Waals surface area contributed by atoms with E-state index in [9.17, 15) is 14.7 Å². The highest BCUT2D eigenvalue weighted by molar-refractivity contribution is 6.43. The quantitative estimate of drug-likeness (QED) is 0.325. The van der Waals surface area contributed by atoms with E-state index in [4.69, 9.17) is 33.7 Å². The van der Waals surface area contributed by atoms with Crippen LogP contribution in [-0.4, -0.2) is 53.8 Å². The van der Waals surface area contributed by atoms with E-state index in [0.717, 1.165) is 40.9 Å². The summed E-state index contributed by atoms with van der Waals surface area (Å²) < 4.78 is 5.67. The third-order valence-corrected chi connectivity index (χ3v) is 7.56. The molecular weight excluding hydrogens is 525 g/mol. The van der Waals surface area contributed by atoms with Gasteiger partial charge in [-0.1, -0.05) is 59.6 Å². The lowest BCUT2D eigenvalue weighted by Crippen LogP contribution is -2.42. The average molecular weight is 556 g/mol. The number of ether oxygens (including phenoxy) is 1. The van der Waals surface area contributed by atoms with Gasteiger partial charge in [0.05, 0.1) is 10.0 Å². The minimum absolute atomic E-state index is 0.460. The lowest BCUT2D eigenvalue weighted by molar-refractivity contribution is -0.152. The fourth-order valence-corrected chi connectivity index (χ4v) is 4.95. The summed E-state index contributed by atoms with van der Waals surface area (Å²) in [6.07, 6.45) is 1.46. The number of aliphatic carboxylic acids is 1. The van der Waals surface area contributed by atoms with E-state index >= 15 is 0 Å². The molecule has 7 nitrogen and oxygen atoms in total. The van der Waals surface area contributed by atoms with Crippen molar-refractivity contribution in [3.63, 3.8) is 0 Å². The van der Waals surface area contributed by atoms with Crippen LogP contribution in [0, 0.1) is 0 Å². The second-order valence-corrected chi connectivity index (χ2v) is 10.6. The molecule has 1 heterocycles. The first-order valence-corrected chi connectivity index (χ1v) is 13.2. The number of halogens is 2. The average Bonchev–Trinajstić information content (AvgIpc) is 3.27. The number of hydrogen-bond acceptors (Lipinski definition) is 4. The van der Waals surface area contributed by atoms with Gasteiger partial charge in [0.25, 0.3) is 0 Å². The fraction of sp³-hybridized carbons (Fsp3) is 0.310. The summed E-state index contributed by atoms with van der Waals surface area (Å²) in [7, 11) is 0. The van der Waals surface area contributed by atoms with Gasteiger partial charge >= 0.3 is 12.0 Å². The highest BCUT2D eigenvalue weighted by atomic mass is 35.5. The summed E-state index contributed by atoms with van der Waals surface area (Å²) in [5.41, 5.74) is 9.43. The van der Waals surface area contributed by atoms with E-state index < -0.39 is 17.6 Å². The molecule has 3 N–H and O–H groups in total. The van der Waals surface area contributed by atoms with Crippen LogP contribution < -0.4 is 15.4 Å². The number of rotatable bonds is 10. The SMILES string of the molecule is CC(C)(Oc1ccc2c(c1)CCN2CCN(CCc1cccc(-c2cccc(Cl)c2Cl)c1)C(N)=O)C(=O)O. The maximum atomic E-state index is 12.2. The van der Waals surface area contributed by atoms with Crippen molar-refractivity contribution in [3.05, 3.63) is 81.8 Å². The van der Waals surface area contributed by atoms with Gasteiger partial charge in [0.1, 0.15) is 5.75 Å². The first-order valence-electron chi connectivity index (χ1n) is 12.4. The Hall–Kier alpha value is -3.42. The molecule has 0 unspecified atom stereocenters. The van der Waals surface area contributed by atoms with Crippen molar-refractivity contribution in [2.24, 2.45) is 5.73 Å². The predicted molar refractivity (Wildman–Crippen MR) is 151 cm³/mol. The molecule has 4 rings (SSSR count). The minimum atomic E-state index is -1.31. The molecule has 0 fully saturated rings. The molecule has 9 heteroatoms. The molecule has 0 saturated heterocycles. The van der Waals surface area contributed by atoms with Gasteiger partial charge < -0.3 is 25.4 Å². The van der Waals surface area contributed by atoms with Crippen LogP contribution in [0.5, 0.6) is 5.75 Å². The number of carbonyl (C=O) groups excluding carboxylic acids is 1. The summed E-state index contributed by atoms with van der Waals surface area (Å²) in [6, 6.07) is 18.7. The van der Waals surface area contributed by atoms with Gasteiger partial charge in [-0.25, -0.2) is 9.59 Å². The van der Waals surface area contributed by atoms with E-state index in [2.05, 4.69) is 11.0 Å². The second-order valence-electron chi connectivity index (χ2n) is 9.82. The van der Waals surface area contributed by atoms with Crippen molar-refractivity contribution in [2.45, 2.75) is 32.3 Å². The molecular formula is C29H31Cl2N3O4. The van der Waals surface area contributed by atoms with Crippen molar-refractivity contribution >= 4 is 40.9 Å². The normalized spacial score (nSPS) is 12.8. The molecule has 0 bridgehead atoms. The Morgan fingerprint density at radius 2 is 1.84 bits per heavy atom. The van der Waals surface area contributed by atoms with Crippen LogP contribution in [0.1, 0.15) is 25.0 Å². The molecule has 0 atom stereocenters. The Morgan fingerprint density at radius 1 is 1.08 bits per heavy atom. The highest BCUT2D eigenvalue weighted by Crippen LogP contribution is 2.34. The largest absolute Gasteiger partial charge is 0.478 e. The van der Waals surface area contributed by atoms with Gasteiger partial charge in [0, 0.05) is 37.4 Å². The van der Waals surface area contributed by atoms with E-state index in [1.54, 1.807) is 17.0 Å². The van der Waals surface area contributed by atoms with Crippen LogP contribution in [0.2, 0.25) is 10.0 Å². The molecule has 0 aliphatic carbocycles. The summed E-state index contributed by atoms with van der Waals surface area (Å²) in [5, 5.41) is 10.3. The van der Waals surface area contributed by atoms with E-state index in [-0.39, 0.29) is 0 Å². The van der Waals surface area contributed by atoms with Crippen LogP contribution in [-0.2, 0) is 17.6 Å². The number of carbonyl (C=O) groups is 2. The summed E-state index contributed by atoms with van der Waals surface area (Å²) in [4.78, 5) is 27.5. The summed E-state index contributed by atoms with van der Waals surface area (Å²) in [6.45, 7) is 5.45. The van der Waals surface area contributed by atoms with Gasteiger partial charge in [-0.2, -0.15) is 0 Å². The molecule has 38 heavy (non-hydrogen) atoms. The number of anilines is 1. The monoisotopic (exact) mass is 555 g/mol. The molecule has 1 aliphatic heterocycles. The topological polar surface area (TPSA) is 96.1 Å². The van der Waals surface area contributed by atoms with Crippen LogP contribution in [0.25, 0.3) is 11.1 Å². The molecule has 2 amide bonds. The third-order valence-electron chi connectivity index (χ3n) is 6.74. The molecule has 0 aromatic heterocycles. The Bertz CT molecular complexity index is 1350. The molecule has 200 valence electrons. The van der Waals surface area contributed by atoms with Crippen molar-refractivity contribution in [1.82, 2.24) is 4.90 Å². The number of benzene rings is 3. The van der Waals surface area contributed by atoms with Crippen molar-refractivity contribution in [2.75, 3.05) is 31.1 Å². The minimum Gasteiger partial charge on any atom is -0.478 e. The molecule has 0 spiro atoms. The number of nitrogens with two attached hydrogens (primary N) is 1. The Labute approximate surface area is 232 Å². The molecule has 3 aromatic rings. The van der Waals surface area contributed by atoms with E-state index in [1.807, 2.05) is 42.5 Å². The van der Waals surface area contributed by atoms with E-state index in [1.165, 1.54) is 13.8 Å². The standard InChI is InChI=1S/C29H31Cl2N3O4/c1-29(2,27(35)36)38-22-9-10-25-21(18-22)12-14-33(25)15-16-34(28(32)37)13-11-19-5-3-6-20(17-19)23-7-4-8-24(30)26(23)31/h3-10,17-18H,11-16H2,1-2H3,(H2,32,37)(H,35,36). The predicted octanol–water partition coefficient (Wildman–Crippen LogP) is 5.89. The maximum Gasteiger partial charge on any atom is 0.347 e. The lowest BCUT2D eigenvalue weighted by Gasteiger charge is -2.26. The Morgan fingerprint density at radius 3 is 2.58 bits per heavy atom. The number of urea groups is 1. The first-order chi connectivity index (χ1) is 18.0. The maximum absolute atomic E-state index is 12.2. The van der Waals surface area contributed by atoms with Gasteiger partial charge in [-0.05, 0) is 67.6 Å². The van der Waals surface area contributed by atoms with Crippen molar-refractivity contribution < 1.29 is 19.4 Å². The van der Waals surface area contributed by atoms with Crippen LogP contribution in [0.15, 0.2) is 60.7 Å². The van der Waals surface area contributed by atoms with Crippen molar-refractivity contribution in [1.29, 1.82) is 0 Å². The second kappa shape index (κ2) is 11.5. The first kappa shape index (κ1) is 27.6. The number of primary amides is 1. The van der Waals surface area contributed by atoms with Gasteiger partial charge in [0.15, 0.2) is 5.60 Å². The molecule has 3 aromatic carbocycles. The molecule has 0 radical (unpaired) electrons. The molecule has 0 saturated carbocycles. The van der Waals surface area contributed by atoms with Crippen LogP contribution >= 0.6 is 23.2 Å².